The van der Waals surface area contributed by atoms with Crippen LogP contribution in [0, 0.1) is 0 Å². The molecule has 0 bridgehead atoms. The molecule has 0 radical (unpaired) electrons. The van der Waals surface area contributed by atoms with Crippen LogP contribution in [0.1, 0.15) is 5.56 Å². The fourth-order valence-electron chi connectivity index (χ4n) is 0.810. The Bertz CT molecular complexity index is 312. The lowest BCUT2D eigenvalue weighted by Crippen LogP contribution is -2.26. The molecule has 0 unspecified atom stereocenters. The van der Waals surface area contributed by atoms with E-state index in [9.17, 15) is 4.79 Å². The summed E-state index contributed by atoms with van der Waals surface area (Å²) >= 11 is 3.26. The summed E-state index contributed by atoms with van der Waals surface area (Å²) in [5.74, 6) is -1.05. The molecule has 1 rings (SSSR count). The van der Waals surface area contributed by atoms with Gasteiger partial charge in [0.25, 0.3) is 0 Å². The Morgan fingerprint density at radius 3 is 2.43 bits per heavy atom. The molecule has 2 N–H and O–H groups in total. The van der Waals surface area contributed by atoms with Gasteiger partial charge in [0.15, 0.2) is 0 Å². The maximum atomic E-state index is 10.7. The number of carbonyl (C=O) groups is 1. The minimum absolute atomic E-state index is 0.0315. The fourth-order valence-corrected chi connectivity index (χ4v) is 1.07. The zero-order valence-corrected chi connectivity index (χ0v) is 8.77. The largest absolute Gasteiger partial charge is 0.579 e. The minimum Gasteiger partial charge on any atom is -0.464 e. The molecule has 1 aromatic carbocycles. The first kappa shape index (κ1) is 11.2. The van der Waals surface area contributed by atoms with Crippen LogP contribution < -0.4 is 0 Å². The van der Waals surface area contributed by atoms with Crippen LogP contribution in [-0.4, -0.2) is 23.0 Å². The Labute approximate surface area is 89.8 Å². The first-order valence-electron chi connectivity index (χ1n) is 3.87. The van der Waals surface area contributed by atoms with Gasteiger partial charge in [0.1, 0.15) is 6.61 Å². The molecule has 0 saturated carbocycles. The van der Waals surface area contributed by atoms with Gasteiger partial charge >= 0.3 is 13.0 Å². The zero-order valence-electron chi connectivity index (χ0n) is 7.18. The lowest BCUT2D eigenvalue weighted by molar-refractivity contribution is 0.155. The number of benzene rings is 1. The van der Waals surface area contributed by atoms with E-state index >= 15 is 0 Å². The second-order valence-electron chi connectivity index (χ2n) is 2.61. The van der Waals surface area contributed by atoms with Crippen LogP contribution in [0.15, 0.2) is 28.7 Å². The van der Waals surface area contributed by atoms with Crippen molar-refractivity contribution in [1.82, 2.24) is 0 Å². The van der Waals surface area contributed by atoms with Gasteiger partial charge < -0.3 is 14.8 Å². The van der Waals surface area contributed by atoms with Crippen molar-refractivity contribution >= 4 is 28.9 Å². The molecule has 0 aliphatic heterocycles. The van der Waals surface area contributed by atoms with Crippen molar-refractivity contribution in [2.45, 2.75) is 6.61 Å². The summed E-state index contributed by atoms with van der Waals surface area (Å²) in [4.78, 5) is 10.7. The van der Waals surface area contributed by atoms with Gasteiger partial charge in [-0.05, 0) is 17.7 Å². The van der Waals surface area contributed by atoms with E-state index in [1.807, 2.05) is 0 Å². The molecule has 0 aliphatic carbocycles. The second kappa shape index (κ2) is 5.14. The quantitative estimate of drug-likeness (QED) is 0.798. The molecule has 0 amide bonds. The topological polar surface area (TPSA) is 66.8 Å². The van der Waals surface area contributed by atoms with Gasteiger partial charge in [0.05, 0.1) is 0 Å². The van der Waals surface area contributed by atoms with E-state index in [1.54, 1.807) is 24.3 Å². The molecule has 0 saturated heterocycles. The van der Waals surface area contributed by atoms with Crippen molar-refractivity contribution in [1.29, 1.82) is 0 Å². The summed E-state index contributed by atoms with van der Waals surface area (Å²) < 4.78 is 5.50. The van der Waals surface area contributed by atoms with Crippen LogP contribution in [0.4, 0.5) is 4.79 Å². The van der Waals surface area contributed by atoms with Gasteiger partial charge in [-0.3, -0.25) is 4.79 Å². The molecule has 4 nitrogen and oxygen atoms in total. The smallest absolute Gasteiger partial charge is 0.464 e. The molecule has 0 atom stereocenters. The molecule has 14 heavy (non-hydrogen) atoms. The monoisotopic (exact) mass is 258 g/mol. The van der Waals surface area contributed by atoms with E-state index < -0.39 is 13.0 Å². The average Bonchev–Trinajstić information content (AvgIpc) is 2.16. The van der Waals surface area contributed by atoms with Gasteiger partial charge in [0, 0.05) is 4.47 Å². The molecule has 0 fully saturated rings. The van der Waals surface area contributed by atoms with Crippen molar-refractivity contribution in [3.05, 3.63) is 34.3 Å². The van der Waals surface area contributed by atoms with Crippen molar-refractivity contribution in [3.8, 4) is 0 Å². The highest BCUT2D eigenvalue weighted by atomic mass is 79.9. The fraction of sp³-hybridized carbons (Fsp3) is 0.125. The zero-order chi connectivity index (χ0) is 10.6. The van der Waals surface area contributed by atoms with Gasteiger partial charge in [-0.25, -0.2) is 0 Å². The maximum absolute atomic E-state index is 10.7. The summed E-state index contributed by atoms with van der Waals surface area (Å²) in [6.45, 7) is 0.0315. The highest BCUT2D eigenvalue weighted by Gasteiger charge is 2.21. The van der Waals surface area contributed by atoms with E-state index in [4.69, 9.17) is 10.0 Å². The third-order valence-electron chi connectivity index (χ3n) is 1.51. The molecule has 0 aliphatic rings. The Morgan fingerprint density at radius 1 is 1.36 bits per heavy atom. The standard InChI is InChI=1S/C8H8BBrO4/c10-7-3-1-6(2-4-7)5-14-8(11)9(12)13/h1-4,12-13H,5H2. The molecule has 1 aromatic rings. The Balaban J connectivity index is 2.46. The van der Waals surface area contributed by atoms with Crippen molar-refractivity contribution in [2.24, 2.45) is 0 Å². The minimum atomic E-state index is -2.06. The van der Waals surface area contributed by atoms with E-state index in [1.165, 1.54) is 0 Å². The van der Waals surface area contributed by atoms with Gasteiger partial charge in [-0.2, -0.15) is 0 Å². The van der Waals surface area contributed by atoms with Crippen molar-refractivity contribution in [3.63, 3.8) is 0 Å². The van der Waals surface area contributed by atoms with Crippen LogP contribution in [0.3, 0.4) is 0 Å². The number of halogens is 1. The molecule has 0 heterocycles. The second-order valence-corrected chi connectivity index (χ2v) is 3.52. The number of rotatable bonds is 3. The molecule has 0 spiro atoms. The highest BCUT2D eigenvalue weighted by molar-refractivity contribution is 9.10. The number of hydrogen-bond donors (Lipinski definition) is 2. The van der Waals surface area contributed by atoms with Gasteiger partial charge in [-0.15, -0.1) is 0 Å². The predicted octanol–water partition coefficient (Wildman–Crippen LogP) is 1.14. The van der Waals surface area contributed by atoms with E-state index in [2.05, 4.69) is 20.7 Å². The molecular weight excluding hydrogens is 251 g/mol. The van der Waals surface area contributed by atoms with Crippen LogP contribution in [0.25, 0.3) is 0 Å². The lowest BCUT2D eigenvalue weighted by Gasteiger charge is -2.03. The van der Waals surface area contributed by atoms with E-state index in [0.717, 1.165) is 10.0 Å². The van der Waals surface area contributed by atoms with Gasteiger partial charge in [0.2, 0.25) is 0 Å². The summed E-state index contributed by atoms with van der Waals surface area (Å²) in [5.41, 5.74) is 0.780. The Kier molecular flexibility index (Phi) is 4.12. The van der Waals surface area contributed by atoms with Gasteiger partial charge in [-0.1, -0.05) is 28.1 Å². The summed E-state index contributed by atoms with van der Waals surface area (Å²) in [5, 5.41) is 16.8. The number of ether oxygens (including phenoxy) is 1. The summed E-state index contributed by atoms with van der Waals surface area (Å²) in [7, 11) is -2.06. The van der Waals surface area contributed by atoms with E-state index in [0.29, 0.717) is 0 Å². The first-order chi connectivity index (χ1) is 6.59. The van der Waals surface area contributed by atoms with Crippen LogP contribution >= 0.6 is 15.9 Å². The van der Waals surface area contributed by atoms with Crippen molar-refractivity contribution < 1.29 is 19.6 Å². The third-order valence-corrected chi connectivity index (χ3v) is 2.03. The molecular formula is C8H8BBrO4. The summed E-state index contributed by atoms with van der Waals surface area (Å²) in [6.07, 6.45) is 0. The highest BCUT2D eigenvalue weighted by Crippen LogP contribution is 2.11. The Hall–Kier alpha value is -0.845. The molecule has 0 aromatic heterocycles. The molecule has 74 valence electrons. The van der Waals surface area contributed by atoms with E-state index in [-0.39, 0.29) is 6.61 Å². The molecule has 6 heteroatoms. The predicted molar refractivity (Wildman–Crippen MR) is 54.5 cm³/mol. The third kappa shape index (κ3) is 3.49. The first-order valence-corrected chi connectivity index (χ1v) is 4.66. The van der Waals surface area contributed by atoms with Crippen LogP contribution in [0.2, 0.25) is 0 Å². The normalized spacial score (nSPS) is 9.64. The Morgan fingerprint density at radius 2 is 1.93 bits per heavy atom. The lowest BCUT2D eigenvalue weighted by atomic mass is 9.93. The average molecular weight is 259 g/mol. The van der Waals surface area contributed by atoms with Crippen LogP contribution in [-0.2, 0) is 11.3 Å². The van der Waals surface area contributed by atoms with Crippen LogP contribution in [0.5, 0.6) is 0 Å². The maximum Gasteiger partial charge on any atom is 0.579 e. The number of carbonyl (C=O) groups excluding carboxylic acids is 1. The SMILES string of the molecule is O=C(OCc1ccc(Br)cc1)B(O)O. The summed E-state index contributed by atoms with van der Waals surface area (Å²) in [6, 6.07) is 7.14. The number of hydrogen-bond acceptors (Lipinski definition) is 4. The van der Waals surface area contributed by atoms with Crippen molar-refractivity contribution in [2.75, 3.05) is 0 Å².